The van der Waals surface area contributed by atoms with Gasteiger partial charge in [0.05, 0.1) is 21.8 Å². The molecular weight excluding hydrogens is 320 g/mol. The lowest BCUT2D eigenvalue weighted by Gasteiger charge is -2.21. The average molecular weight is 340 g/mol. The molecule has 0 unspecified atom stereocenters. The van der Waals surface area contributed by atoms with E-state index in [1.807, 2.05) is 54.6 Å². The maximum absolute atomic E-state index is 12.5. The fraction of sp³-hybridized carbons (Fsp3) is 0.263. The van der Waals surface area contributed by atoms with Gasteiger partial charge in [0, 0.05) is 25.9 Å². The Balaban J connectivity index is 1.62. The van der Waals surface area contributed by atoms with Crippen LogP contribution >= 0.6 is 11.3 Å². The van der Waals surface area contributed by atoms with Crippen LogP contribution in [-0.4, -0.2) is 34.0 Å². The van der Waals surface area contributed by atoms with E-state index in [4.69, 9.17) is 0 Å². The minimum absolute atomic E-state index is 0.0281. The molecule has 3 aromatic rings. The zero-order valence-corrected chi connectivity index (χ0v) is 14.2. The van der Waals surface area contributed by atoms with Crippen molar-refractivity contribution in [1.29, 1.82) is 0 Å². The lowest BCUT2D eigenvalue weighted by atomic mass is 10.2. The standard InChI is InChI=1S/C19H20N2O2S/c22-13-12-21(14-15-6-2-1-3-7-15)19(23)11-10-18-20-16-8-4-5-9-17(16)24-18/h1-9,22H,10-14H2. The van der Waals surface area contributed by atoms with Crippen molar-refractivity contribution in [2.75, 3.05) is 13.2 Å². The largest absolute Gasteiger partial charge is 0.395 e. The summed E-state index contributed by atoms with van der Waals surface area (Å²) in [6, 6.07) is 17.9. The number of carbonyl (C=O) groups excluding carboxylic acids is 1. The van der Waals surface area contributed by atoms with Crippen molar-refractivity contribution in [2.24, 2.45) is 0 Å². The summed E-state index contributed by atoms with van der Waals surface area (Å²) in [6.07, 6.45) is 1.04. The molecule has 0 fully saturated rings. The third kappa shape index (κ3) is 4.19. The highest BCUT2D eigenvalue weighted by Crippen LogP contribution is 2.22. The van der Waals surface area contributed by atoms with E-state index in [1.54, 1.807) is 16.2 Å². The molecule has 5 heteroatoms. The van der Waals surface area contributed by atoms with Gasteiger partial charge in [-0.05, 0) is 17.7 Å². The predicted molar refractivity (Wildman–Crippen MR) is 96.9 cm³/mol. The molecule has 0 atom stereocenters. The number of aryl methyl sites for hydroxylation is 1. The molecule has 1 N–H and O–H groups in total. The highest BCUT2D eigenvalue weighted by atomic mass is 32.1. The van der Waals surface area contributed by atoms with E-state index in [0.29, 0.717) is 25.9 Å². The Hall–Kier alpha value is -2.24. The highest BCUT2D eigenvalue weighted by molar-refractivity contribution is 7.18. The van der Waals surface area contributed by atoms with Gasteiger partial charge in [-0.25, -0.2) is 4.98 Å². The van der Waals surface area contributed by atoms with E-state index in [0.717, 1.165) is 20.8 Å². The van der Waals surface area contributed by atoms with Gasteiger partial charge in [-0.3, -0.25) is 4.79 Å². The third-order valence-electron chi connectivity index (χ3n) is 3.83. The number of benzene rings is 2. The second-order valence-electron chi connectivity index (χ2n) is 5.60. The van der Waals surface area contributed by atoms with Gasteiger partial charge in [0.1, 0.15) is 0 Å². The van der Waals surface area contributed by atoms with Crippen LogP contribution in [0.4, 0.5) is 0 Å². The first-order valence-electron chi connectivity index (χ1n) is 8.03. The number of nitrogens with zero attached hydrogens (tertiary/aromatic N) is 2. The van der Waals surface area contributed by atoms with Crippen molar-refractivity contribution in [2.45, 2.75) is 19.4 Å². The number of carbonyl (C=O) groups is 1. The van der Waals surface area contributed by atoms with Gasteiger partial charge in [0.25, 0.3) is 0 Å². The van der Waals surface area contributed by atoms with E-state index in [2.05, 4.69) is 4.98 Å². The molecule has 0 aliphatic carbocycles. The van der Waals surface area contributed by atoms with Gasteiger partial charge in [0.15, 0.2) is 0 Å². The summed E-state index contributed by atoms with van der Waals surface area (Å²) in [6.45, 7) is 0.855. The number of aromatic nitrogens is 1. The zero-order valence-electron chi connectivity index (χ0n) is 13.4. The zero-order chi connectivity index (χ0) is 16.8. The summed E-state index contributed by atoms with van der Waals surface area (Å²) in [4.78, 5) is 18.8. The smallest absolute Gasteiger partial charge is 0.223 e. The predicted octanol–water partition coefficient (Wildman–Crippen LogP) is 3.25. The van der Waals surface area contributed by atoms with E-state index in [1.165, 1.54) is 0 Å². The van der Waals surface area contributed by atoms with Gasteiger partial charge in [-0.1, -0.05) is 42.5 Å². The summed E-state index contributed by atoms with van der Waals surface area (Å²) in [5, 5.41) is 10.2. The molecule has 24 heavy (non-hydrogen) atoms. The highest BCUT2D eigenvalue weighted by Gasteiger charge is 2.14. The molecule has 124 valence electrons. The third-order valence-corrected chi connectivity index (χ3v) is 4.93. The molecule has 1 amide bonds. The van der Waals surface area contributed by atoms with Crippen LogP contribution in [0.15, 0.2) is 54.6 Å². The second-order valence-corrected chi connectivity index (χ2v) is 6.72. The number of thiazole rings is 1. The number of aliphatic hydroxyl groups excluding tert-OH is 1. The van der Waals surface area contributed by atoms with E-state index >= 15 is 0 Å². The minimum atomic E-state index is -0.0281. The van der Waals surface area contributed by atoms with Gasteiger partial charge in [-0.2, -0.15) is 0 Å². The first-order chi connectivity index (χ1) is 11.8. The molecule has 3 rings (SSSR count). The molecule has 2 aromatic carbocycles. The summed E-state index contributed by atoms with van der Waals surface area (Å²) in [5.74, 6) is 0.0483. The monoisotopic (exact) mass is 340 g/mol. The molecule has 1 heterocycles. The number of amides is 1. The number of rotatable bonds is 7. The van der Waals surface area contributed by atoms with Crippen LogP contribution in [0.2, 0.25) is 0 Å². The second kappa shape index (κ2) is 8.04. The van der Waals surface area contributed by atoms with Crippen molar-refractivity contribution in [3.05, 3.63) is 65.2 Å². The first kappa shape index (κ1) is 16.6. The Labute approximate surface area is 145 Å². The summed E-state index contributed by atoms with van der Waals surface area (Å²) in [5.41, 5.74) is 2.06. The van der Waals surface area contributed by atoms with E-state index in [9.17, 15) is 9.90 Å². The fourth-order valence-corrected chi connectivity index (χ4v) is 3.58. The van der Waals surface area contributed by atoms with Crippen molar-refractivity contribution in [1.82, 2.24) is 9.88 Å². The quantitative estimate of drug-likeness (QED) is 0.718. The van der Waals surface area contributed by atoms with Gasteiger partial charge < -0.3 is 10.0 Å². The summed E-state index contributed by atoms with van der Waals surface area (Å²) >= 11 is 1.64. The van der Waals surface area contributed by atoms with Crippen LogP contribution in [0, 0.1) is 0 Å². The molecule has 0 radical (unpaired) electrons. The molecule has 0 aliphatic rings. The number of fused-ring (bicyclic) bond motifs is 1. The SMILES string of the molecule is O=C(CCc1nc2ccccc2s1)N(CCO)Cc1ccccc1. The number of hydrogen-bond acceptors (Lipinski definition) is 4. The number of hydrogen-bond donors (Lipinski definition) is 1. The topological polar surface area (TPSA) is 53.4 Å². The Morgan fingerprint density at radius 1 is 1.08 bits per heavy atom. The Kier molecular flexibility index (Phi) is 5.56. The van der Waals surface area contributed by atoms with Crippen molar-refractivity contribution < 1.29 is 9.90 Å². The number of para-hydroxylation sites is 1. The Bertz CT molecular complexity index is 768. The van der Waals surface area contributed by atoms with Crippen LogP contribution < -0.4 is 0 Å². The minimum Gasteiger partial charge on any atom is -0.395 e. The molecule has 0 spiro atoms. The molecule has 0 bridgehead atoms. The van der Waals surface area contributed by atoms with Crippen LogP contribution in [0.3, 0.4) is 0 Å². The fourth-order valence-electron chi connectivity index (χ4n) is 2.62. The summed E-state index contributed by atoms with van der Waals surface area (Å²) in [7, 11) is 0. The maximum atomic E-state index is 12.5. The van der Waals surface area contributed by atoms with Crippen molar-refractivity contribution >= 4 is 27.5 Å². The van der Waals surface area contributed by atoms with Crippen molar-refractivity contribution in [3.63, 3.8) is 0 Å². The Morgan fingerprint density at radius 3 is 2.58 bits per heavy atom. The van der Waals surface area contributed by atoms with Crippen LogP contribution in [0.1, 0.15) is 17.0 Å². The molecule has 0 aliphatic heterocycles. The number of aliphatic hydroxyl groups is 1. The molecule has 0 saturated carbocycles. The molecule has 0 saturated heterocycles. The average Bonchev–Trinajstić information content (AvgIpc) is 3.03. The maximum Gasteiger partial charge on any atom is 0.223 e. The van der Waals surface area contributed by atoms with Crippen molar-refractivity contribution in [3.8, 4) is 0 Å². The van der Waals surface area contributed by atoms with Crippen LogP contribution in [0.5, 0.6) is 0 Å². The normalized spacial score (nSPS) is 10.9. The van der Waals surface area contributed by atoms with Crippen LogP contribution in [0.25, 0.3) is 10.2 Å². The van der Waals surface area contributed by atoms with Gasteiger partial charge >= 0.3 is 0 Å². The molecule has 4 nitrogen and oxygen atoms in total. The lowest BCUT2D eigenvalue weighted by Crippen LogP contribution is -2.33. The first-order valence-corrected chi connectivity index (χ1v) is 8.85. The van der Waals surface area contributed by atoms with Gasteiger partial charge in [-0.15, -0.1) is 11.3 Å². The Morgan fingerprint density at radius 2 is 1.83 bits per heavy atom. The summed E-state index contributed by atoms with van der Waals surface area (Å²) < 4.78 is 1.15. The lowest BCUT2D eigenvalue weighted by molar-refractivity contribution is -0.132. The molecular formula is C19H20N2O2S. The van der Waals surface area contributed by atoms with Crippen LogP contribution in [-0.2, 0) is 17.8 Å². The van der Waals surface area contributed by atoms with E-state index in [-0.39, 0.29) is 12.5 Å². The molecule has 1 aromatic heterocycles. The van der Waals surface area contributed by atoms with E-state index < -0.39 is 0 Å². The van der Waals surface area contributed by atoms with Gasteiger partial charge in [0.2, 0.25) is 5.91 Å².